The Labute approximate surface area is 200 Å². The third-order valence-corrected chi connectivity index (χ3v) is 8.47. The standard InChI is InChI=1S/C25H30FN3O4S/c1-25(24(31)27-20-11-5-2-3-6-12-20)18-28(34(32,33)22-14-7-4-8-15-22)17-23(30)29(25)21-13-9-10-19(26)16-21/h4,7-10,13-16,20H,2-3,5-6,11-12,17-18H2,1H3,(H,27,31)/t25-/m1/s1. The van der Waals surface area contributed by atoms with Gasteiger partial charge in [-0.3, -0.25) is 14.5 Å². The van der Waals surface area contributed by atoms with Crippen molar-refractivity contribution in [3.05, 3.63) is 60.4 Å². The Morgan fingerprint density at radius 3 is 2.35 bits per heavy atom. The van der Waals surface area contributed by atoms with Crippen molar-refractivity contribution >= 4 is 27.5 Å². The zero-order valence-corrected chi connectivity index (χ0v) is 20.1. The zero-order valence-electron chi connectivity index (χ0n) is 19.2. The number of rotatable bonds is 5. The third-order valence-electron chi connectivity index (χ3n) is 6.67. The van der Waals surface area contributed by atoms with Crippen LogP contribution in [-0.2, 0) is 19.6 Å². The lowest BCUT2D eigenvalue weighted by molar-refractivity contribution is -0.133. The van der Waals surface area contributed by atoms with Crippen LogP contribution in [0.3, 0.4) is 0 Å². The highest BCUT2D eigenvalue weighted by molar-refractivity contribution is 7.89. The number of nitrogens with one attached hydrogen (secondary N) is 1. The van der Waals surface area contributed by atoms with Gasteiger partial charge in [-0.05, 0) is 50.1 Å². The fraction of sp³-hybridized carbons (Fsp3) is 0.440. The monoisotopic (exact) mass is 487 g/mol. The highest BCUT2D eigenvalue weighted by Gasteiger charge is 2.51. The van der Waals surface area contributed by atoms with Crippen LogP contribution in [0.15, 0.2) is 59.5 Å². The summed E-state index contributed by atoms with van der Waals surface area (Å²) in [5.41, 5.74) is -1.34. The average Bonchev–Trinajstić information content (AvgIpc) is 3.08. The minimum Gasteiger partial charge on any atom is -0.351 e. The molecule has 0 spiro atoms. The summed E-state index contributed by atoms with van der Waals surface area (Å²) >= 11 is 0. The molecule has 1 atom stereocenters. The van der Waals surface area contributed by atoms with Crippen LogP contribution in [0.2, 0.25) is 0 Å². The summed E-state index contributed by atoms with van der Waals surface area (Å²) in [4.78, 5) is 28.4. The Balaban J connectivity index is 1.71. The molecular weight excluding hydrogens is 457 g/mol. The van der Waals surface area contributed by atoms with Crippen LogP contribution >= 0.6 is 0 Å². The Kier molecular flexibility index (Phi) is 7.04. The molecule has 1 saturated heterocycles. The second kappa shape index (κ2) is 9.84. The highest BCUT2D eigenvalue weighted by Crippen LogP contribution is 2.33. The average molecular weight is 488 g/mol. The van der Waals surface area contributed by atoms with Crippen molar-refractivity contribution < 1.29 is 22.4 Å². The van der Waals surface area contributed by atoms with Crippen molar-refractivity contribution in [2.24, 2.45) is 0 Å². The van der Waals surface area contributed by atoms with E-state index in [1.165, 1.54) is 35.2 Å². The molecule has 0 bridgehead atoms. The first-order valence-corrected chi connectivity index (χ1v) is 13.1. The summed E-state index contributed by atoms with van der Waals surface area (Å²) in [6.07, 6.45) is 5.90. The number of amides is 2. The number of carbonyl (C=O) groups excluding carboxylic acids is 2. The van der Waals surface area contributed by atoms with E-state index in [9.17, 15) is 22.4 Å². The summed E-state index contributed by atoms with van der Waals surface area (Å²) < 4.78 is 41.8. The predicted octanol–water partition coefficient (Wildman–Crippen LogP) is 3.46. The van der Waals surface area contributed by atoms with Crippen molar-refractivity contribution in [2.75, 3.05) is 18.0 Å². The van der Waals surface area contributed by atoms with E-state index in [4.69, 9.17) is 0 Å². The molecule has 1 aliphatic heterocycles. The van der Waals surface area contributed by atoms with Gasteiger partial charge >= 0.3 is 0 Å². The molecule has 2 fully saturated rings. The topological polar surface area (TPSA) is 86.8 Å². The molecule has 2 aromatic carbocycles. The maximum atomic E-state index is 14.1. The molecule has 1 N–H and O–H groups in total. The van der Waals surface area contributed by atoms with E-state index in [-0.39, 0.29) is 23.2 Å². The quantitative estimate of drug-likeness (QED) is 0.655. The molecular formula is C25H30FN3O4S. The summed E-state index contributed by atoms with van der Waals surface area (Å²) in [6, 6.07) is 13.3. The van der Waals surface area contributed by atoms with Gasteiger partial charge in [0, 0.05) is 18.3 Å². The van der Waals surface area contributed by atoms with Crippen molar-refractivity contribution in [1.29, 1.82) is 0 Å². The third kappa shape index (κ3) is 4.86. The fourth-order valence-electron chi connectivity index (χ4n) is 4.86. The summed E-state index contributed by atoms with van der Waals surface area (Å²) in [7, 11) is -4.02. The molecule has 4 rings (SSSR count). The number of piperazine rings is 1. The molecule has 1 saturated carbocycles. The first-order valence-electron chi connectivity index (χ1n) is 11.7. The number of benzene rings is 2. The second-order valence-corrected chi connectivity index (χ2v) is 11.2. The van der Waals surface area contributed by atoms with Gasteiger partial charge in [0.2, 0.25) is 21.8 Å². The van der Waals surface area contributed by atoms with Gasteiger partial charge in [0.1, 0.15) is 11.4 Å². The van der Waals surface area contributed by atoms with Crippen LogP contribution in [0.5, 0.6) is 0 Å². The number of hydrogen-bond donors (Lipinski definition) is 1. The number of halogens is 1. The SMILES string of the molecule is C[C@]1(C(=O)NC2CCCCCC2)CN(S(=O)(=O)c2ccccc2)CC(=O)N1c1cccc(F)c1. The van der Waals surface area contributed by atoms with Gasteiger partial charge < -0.3 is 5.32 Å². The van der Waals surface area contributed by atoms with E-state index in [1.54, 1.807) is 31.2 Å². The predicted molar refractivity (Wildman–Crippen MR) is 127 cm³/mol. The molecule has 182 valence electrons. The van der Waals surface area contributed by atoms with E-state index in [0.29, 0.717) is 0 Å². The van der Waals surface area contributed by atoms with Crippen LogP contribution in [-0.4, -0.2) is 49.2 Å². The highest BCUT2D eigenvalue weighted by atomic mass is 32.2. The zero-order chi connectivity index (χ0) is 24.3. The number of sulfonamides is 1. The largest absolute Gasteiger partial charge is 0.351 e. The first kappa shape index (κ1) is 24.3. The molecule has 0 radical (unpaired) electrons. The number of carbonyl (C=O) groups is 2. The Morgan fingerprint density at radius 1 is 1.03 bits per heavy atom. The number of nitrogens with zero attached hydrogens (tertiary/aromatic N) is 2. The van der Waals surface area contributed by atoms with Crippen LogP contribution in [0.4, 0.5) is 10.1 Å². The Bertz CT molecular complexity index is 1150. The van der Waals surface area contributed by atoms with E-state index in [1.807, 2.05) is 0 Å². The fourth-order valence-corrected chi connectivity index (χ4v) is 6.36. The molecule has 9 heteroatoms. The van der Waals surface area contributed by atoms with Crippen molar-refractivity contribution in [3.8, 4) is 0 Å². The molecule has 0 unspecified atom stereocenters. The van der Waals surface area contributed by atoms with E-state index >= 15 is 0 Å². The van der Waals surface area contributed by atoms with Crippen LogP contribution < -0.4 is 10.2 Å². The van der Waals surface area contributed by atoms with Gasteiger partial charge in [-0.15, -0.1) is 0 Å². The molecule has 7 nitrogen and oxygen atoms in total. The molecule has 0 aromatic heterocycles. The maximum absolute atomic E-state index is 14.1. The molecule has 2 aromatic rings. The maximum Gasteiger partial charge on any atom is 0.247 e. The van der Waals surface area contributed by atoms with Gasteiger partial charge in [0.25, 0.3) is 0 Å². The summed E-state index contributed by atoms with van der Waals surface area (Å²) in [5, 5.41) is 3.07. The molecule has 2 aliphatic rings. The lowest BCUT2D eigenvalue weighted by Crippen LogP contribution is -2.70. The summed E-state index contributed by atoms with van der Waals surface area (Å²) in [5.74, 6) is -1.57. The number of hydrogen-bond acceptors (Lipinski definition) is 4. The Hall–Kier alpha value is -2.78. The van der Waals surface area contributed by atoms with Crippen molar-refractivity contribution in [2.45, 2.75) is 61.9 Å². The van der Waals surface area contributed by atoms with Crippen LogP contribution in [0, 0.1) is 5.82 Å². The lowest BCUT2D eigenvalue weighted by Gasteiger charge is -2.47. The number of anilines is 1. The molecule has 2 amide bonds. The van der Waals surface area contributed by atoms with E-state index in [0.717, 1.165) is 42.8 Å². The van der Waals surface area contributed by atoms with E-state index in [2.05, 4.69) is 5.32 Å². The van der Waals surface area contributed by atoms with E-state index < -0.39 is 39.7 Å². The minimum absolute atomic E-state index is 0.0441. The van der Waals surface area contributed by atoms with Gasteiger partial charge in [0.15, 0.2) is 0 Å². The van der Waals surface area contributed by atoms with Crippen LogP contribution in [0.25, 0.3) is 0 Å². The van der Waals surface area contributed by atoms with Crippen LogP contribution in [0.1, 0.15) is 45.4 Å². The second-order valence-electron chi connectivity index (χ2n) is 9.23. The molecule has 34 heavy (non-hydrogen) atoms. The first-order chi connectivity index (χ1) is 16.2. The van der Waals surface area contributed by atoms with Gasteiger partial charge in [-0.2, -0.15) is 4.31 Å². The minimum atomic E-state index is -4.02. The molecule has 1 aliphatic carbocycles. The van der Waals surface area contributed by atoms with Crippen molar-refractivity contribution in [3.63, 3.8) is 0 Å². The normalized spacial score (nSPS) is 22.9. The smallest absolute Gasteiger partial charge is 0.247 e. The van der Waals surface area contributed by atoms with Crippen molar-refractivity contribution in [1.82, 2.24) is 9.62 Å². The molecule has 1 heterocycles. The van der Waals surface area contributed by atoms with Gasteiger partial charge in [-0.25, -0.2) is 12.8 Å². The van der Waals surface area contributed by atoms with Gasteiger partial charge in [0.05, 0.1) is 11.4 Å². The Morgan fingerprint density at radius 2 is 1.71 bits per heavy atom. The lowest BCUT2D eigenvalue weighted by atomic mass is 9.93. The van der Waals surface area contributed by atoms with Gasteiger partial charge in [-0.1, -0.05) is 49.9 Å². The summed E-state index contributed by atoms with van der Waals surface area (Å²) in [6.45, 7) is 0.861.